The van der Waals surface area contributed by atoms with Crippen LogP contribution in [0.15, 0.2) is 18.7 Å². The van der Waals surface area contributed by atoms with Gasteiger partial charge in [0.2, 0.25) is 0 Å². The van der Waals surface area contributed by atoms with E-state index in [0.717, 1.165) is 0 Å². The van der Waals surface area contributed by atoms with Gasteiger partial charge in [-0.05, 0) is 6.92 Å². The summed E-state index contributed by atoms with van der Waals surface area (Å²) in [7, 11) is 0. The number of imidazole rings is 1. The molecule has 0 aromatic carbocycles. The molecule has 5 nitrogen and oxygen atoms in total. The second kappa shape index (κ2) is 4.25. The third-order valence-electron chi connectivity index (χ3n) is 1.93. The average molecular weight is 206 g/mol. The normalized spacial score (nSPS) is 14.3. The van der Waals surface area contributed by atoms with E-state index in [-0.39, 0.29) is 19.0 Å². The summed E-state index contributed by atoms with van der Waals surface area (Å²) in [6.07, 6.45) is 4.55. The zero-order valence-electron chi connectivity index (χ0n) is 7.17. The number of aliphatic carboxylic acids is 1. The van der Waals surface area contributed by atoms with E-state index in [4.69, 9.17) is 10.8 Å². The molecule has 13 heavy (non-hydrogen) atoms. The van der Waals surface area contributed by atoms with E-state index < -0.39 is 11.5 Å². The van der Waals surface area contributed by atoms with Crippen LogP contribution in [0.2, 0.25) is 0 Å². The second-order valence-corrected chi connectivity index (χ2v) is 2.75. The molecule has 0 unspecified atom stereocenters. The number of aromatic nitrogens is 2. The minimum atomic E-state index is -1.09. The van der Waals surface area contributed by atoms with Crippen molar-refractivity contribution in [2.75, 3.05) is 6.54 Å². The molecule has 1 rings (SSSR count). The molecule has 1 atom stereocenters. The molecule has 0 fully saturated rings. The summed E-state index contributed by atoms with van der Waals surface area (Å²) < 4.78 is 1.48. The lowest BCUT2D eigenvalue weighted by Crippen LogP contribution is -2.44. The van der Waals surface area contributed by atoms with Crippen molar-refractivity contribution in [1.82, 2.24) is 9.55 Å². The van der Waals surface area contributed by atoms with Crippen molar-refractivity contribution < 1.29 is 9.90 Å². The predicted octanol–water partition coefficient (Wildman–Crippen LogP) is 0.0634. The molecule has 0 saturated carbocycles. The molecule has 1 heterocycles. The van der Waals surface area contributed by atoms with E-state index in [0.29, 0.717) is 0 Å². The number of nitrogens with two attached hydrogens (primary N) is 1. The molecule has 0 radical (unpaired) electrons. The number of halogens is 1. The van der Waals surface area contributed by atoms with Crippen LogP contribution in [0.25, 0.3) is 0 Å². The Morgan fingerprint density at radius 1 is 1.77 bits per heavy atom. The van der Waals surface area contributed by atoms with Gasteiger partial charge in [0.15, 0.2) is 5.54 Å². The molecule has 1 aromatic heterocycles. The largest absolute Gasteiger partial charge is 0.479 e. The second-order valence-electron chi connectivity index (χ2n) is 2.75. The minimum Gasteiger partial charge on any atom is -0.479 e. The Hall–Kier alpha value is -1.07. The smallest absolute Gasteiger partial charge is 0.330 e. The van der Waals surface area contributed by atoms with E-state index in [1.54, 1.807) is 13.1 Å². The number of hydrogen-bond donors (Lipinski definition) is 2. The highest BCUT2D eigenvalue weighted by Gasteiger charge is 2.32. The zero-order chi connectivity index (χ0) is 9.19. The van der Waals surface area contributed by atoms with Gasteiger partial charge in [0.05, 0.1) is 6.33 Å². The van der Waals surface area contributed by atoms with Gasteiger partial charge in [0.1, 0.15) is 0 Å². The van der Waals surface area contributed by atoms with Crippen molar-refractivity contribution in [2.45, 2.75) is 12.5 Å². The van der Waals surface area contributed by atoms with Gasteiger partial charge in [0.25, 0.3) is 0 Å². The van der Waals surface area contributed by atoms with Gasteiger partial charge >= 0.3 is 5.97 Å². The standard InChI is InChI=1S/C7H11N3O2.ClH/c1-7(4-8,6(11)12)10-3-2-9-5-10;/h2-3,5H,4,8H2,1H3,(H,11,12);1H/t7-;/m0./s1. The van der Waals surface area contributed by atoms with E-state index in [1.165, 1.54) is 17.1 Å². The molecule has 0 bridgehead atoms. The molecule has 3 N–H and O–H groups in total. The Labute approximate surface area is 82.0 Å². The number of hydrogen-bond acceptors (Lipinski definition) is 3. The quantitative estimate of drug-likeness (QED) is 0.732. The molecular weight excluding hydrogens is 194 g/mol. The fraction of sp³-hybridized carbons (Fsp3) is 0.429. The van der Waals surface area contributed by atoms with Crippen LogP contribution in [0.4, 0.5) is 0 Å². The van der Waals surface area contributed by atoms with E-state index in [9.17, 15) is 4.79 Å². The van der Waals surface area contributed by atoms with Gasteiger partial charge in [-0.25, -0.2) is 9.78 Å². The third kappa shape index (κ3) is 1.99. The van der Waals surface area contributed by atoms with Gasteiger partial charge < -0.3 is 15.4 Å². The van der Waals surface area contributed by atoms with Crippen LogP contribution in [0.3, 0.4) is 0 Å². The number of nitrogens with zero attached hydrogens (tertiary/aromatic N) is 2. The van der Waals surface area contributed by atoms with E-state index >= 15 is 0 Å². The van der Waals surface area contributed by atoms with Gasteiger partial charge in [-0.2, -0.15) is 0 Å². The maximum absolute atomic E-state index is 10.8. The molecule has 0 aliphatic heterocycles. The van der Waals surface area contributed by atoms with Crippen LogP contribution in [0.5, 0.6) is 0 Å². The fourth-order valence-electron chi connectivity index (χ4n) is 0.854. The maximum atomic E-state index is 10.8. The average Bonchev–Trinajstić information content (AvgIpc) is 2.54. The Morgan fingerprint density at radius 2 is 2.38 bits per heavy atom. The summed E-state index contributed by atoms with van der Waals surface area (Å²) >= 11 is 0. The minimum absolute atomic E-state index is 0. The van der Waals surface area contributed by atoms with Crippen molar-refractivity contribution in [3.63, 3.8) is 0 Å². The van der Waals surface area contributed by atoms with Gasteiger partial charge in [0, 0.05) is 18.9 Å². The highest BCUT2D eigenvalue weighted by molar-refractivity contribution is 5.85. The van der Waals surface area contributed by atoms with Crippen molar-refractivity contribution in [2.24, 2.45) is 5.73 Å². The first-order chi connectivity index (χ1) is 5.61. The van der Waals surface area contributed by atoms with Crippen molar-refractivity contribution in [3.8, 4) is 0 Å². The Balaban J connectivity index is 0.00000144. The molecule has 1 aromatic rings. The third-order valence-corrected chi connectivity index (χ3v) is 1.93. The zero-order valence-corrected chi connectivity index (χ0v) is 7.99. The SMILES string of the molecule is C[C@](CN)(C(=O)O)n1ccnc1.Cl. The van der Waals surface area contributed by atoms with Crippen LogP contribution < -0.4 is 5.73 Å². The first kappa shape index (κ1) is 11.9. The van der Waals surface area contributed by atoms with Crippen LogP contribution in [-0.4, -0.2) is 27.2 Å². The van der Waals surface area contributed by atoms with Crippen molar-refractivity contribution in [3.05, 3.63) is 18.7 Å². The first-order valence-corrected chi connectivity index (χ1v) is 3.53. The molecule has 0 aliphatic carbocycles. The predicted molar refractivity (Wildman–Crippen MR) is 49.8 cm³/mol. The highest BCUT2D eigenvalue weighted by atomic mass is 35.5. The number of carboxylic acids is 1. The molecular formula is C7H12ClN3O2. The summed E-state index contributed by atoms with van der Waals surface area (Å²) in [5.74, 6) is -0.956. The van der Waals surface area contributed by atoms with Crippen molar-refractivity contribution in [1.29, 1.82) is 0 Å². The lowest BCUT2D eigenvalue weighted by atomic mass is 10.0. The summed E-state index contributed by atoms with van der Waals surface area (Å²) in [5.41, 5.74) is 4.28. The summed E-state index contributed by atoms with van der Waals surface area (Å²) in [6.45, 7) is 1.59. The Morgan fingerprint density at radius 3 is 2.69 bits per heavy atom. The summed E-state index contributed by atoms with van der Waals surface area (Å²) in [5, 5.41) is 8.88. The molecule has 0 spiro atoms. The van der Waals surface area contributed by atoms with Crippen molar-refractivity contribution >= 4 is 18.4 Å². The fourth-order valence-corrected chi connectivity index (χ4v) is 0.854. The first-order valence-electron chi connectivity index (χ1n) is 3.53. The van der Waals surface area contributed by atoms with E-state index in [1.807, 2.05) is 0 Å². The molecule has 0 aliphatic rings. The highest BCUT2D eigenvalue weighted by Crippen LogP contribution is 2.13. The number of carboxylic acid groups (broad SMARTS) is 1. The topological polar surface area (TPSA) is 81.1 Å². The van der Waals surface area contributed by atoms with E-state index in [2.05, 4.69) is 4.98 Å². The molecule has 0 amide bonds. The van der Waals surface area contributed by atoms with Crippen LogP contribution in [0, 0.1) is 0 Å². The van der Waals surface area contributed by atoms with Crippen LogP contribution in [-0.2, 0) is 10.3 Å². The van der Waals surface area contributed by atoms with Gasteiger partial charge in [-0.1, -0.05) is 0 Å². The Bertz CT molecular complexity index is 275. The van der Waals surface area contributed by atoms with Gasteiger partial charge in [-0.3, -0.25) is 0 Å². The monoisotopic (exact) mass is 205 g/mol. The van der Waals surface area contributed by atoms with Crippen LogP contribution >= 0.6 is 12.4 Å². The molecule has 0 saturated heterocycles. The summed E-state index contributed by atoms with van der Waals surface area (Å²) in [4.78, 5) is 14.6. The van der Waals surface area contributed by atoms with Gasteiger partial charge in [-0.15, -0.1) is 12.4 Å². The number of carbonyl (C=O) groups is 1. The maximum Gasteiger partial charge on any atom is 0.330 e. The van der Waals surface area contributed by atoms with Crippen LogP contribution in [0.1, 0.15) is 6.92 Å². The lowest BCUT2D eigenvalue weighted by molar-refractivity contribution is -0.146. The molecule has 74 valence electrons. The molecule has 6 heteroatoms. The lowest BCUT2D eigenvalue weighted by Gasteiger charge is -2.23. The Kier molecular flexibility index (Phi) is 3.90. The summed E-state index contributed by atoms with van der Waals surface area (Å²) in [6, 6.07) is 0. The number of rotatable bonds is 3.